The number of allylic oxidation sites excluding steroid dienone is 14. The Morgan fingerprint density at radius 3 is 2.72 bits per heavy atom. The Bertz CT molecular complexity index is 625. The first-order chi connectivity index (χ1) is 8.95. The minimum Gasteiger partial charge on any atom is -0.0838 e. The third-order valence-electron chi connectivity index (χ3n) is 4.23. The zero-order valence-electron chi connectivity index (χ0n) is 10.4. The van der Waals surface area contributed by atoms with Crippen LogP contribution in [-0.4, -0.2) is 0 Å². The van der Waals surface area contributed by atoms with Crippen LogP contribution in [-0.2, 0) is 0 Å². The highest BCUT2D eigenvalue weighted by molar-refractivity contribution is 5.75. The van der Waals surface area contributed by atoms with E-state index < -0.39 is 0 Å². The van der Waals surface area contributed by atoms with E-state index in [1.807, 2.05) is 0 Å². The van der Waals surface area contributed by atoms with Gasteiger partial charge in [-0.25, -0.2) is 0 Å². The maximum Gasteiger partial charge on any atom is -0.00764 e. The van der Waals surface area contributed by atoms with E-state index in [-0.39, 0.29) is 0 Å². The summed E-state index contributed by atoms with van der Waals surface area (Å²) in [5.74, 6) is 0. The summed E-state index contributed by atoms with van der Waals surface area (Å²) in [6, 6.07) is 0. The van der Waals surface area contributed by atoms with Crippen molar-refractivity contribution in [3.8, 4) is 0 Å². The molecule has 0 unspecified atom stereocenters. The molecule has 18 heavy (non-hydrogen) atoms. The monoisotopic (exact) mass is 232 g/mol. The van der Waals surface area contributed by atoms with Crippen LogP contribution in [0.4, 0.5) is 0 Å². The molecule has 0 bridgehead atoms. The van der Waals surface area contributed by atoms with Crippen molar-refractivity contribution in [1.82, 2.24) is 0 Å². The molecule has 0 N–H and O–H groups in total. The molecule has 0 fully saturated rings. The summed E-state index contributed by atoms with van der Waals surface area (Å²) in [4.78, 5) is 0. The quantitative estimate of drug-likeness (QED) is 0.530. The van der Waals surface area contributed by atoms with Crippen LogP contribution in [0.5, 0.6) is 0 Å². The van der Waals surface area contributed by atoms with E-state index >= 15 is 0 Å². The van der Waals surface area contributed by atoms with Crippen molar-refractivity contribution in [2.45, 2.75) is 25.7 Å². The molecule has 0 spiro atoms. The molecular weight excluding hydrogens is 216 g/mol. The van der Waals surface area contributed by atoms with Crippen LogP contribution < -0.4 is 0 Å². The molecule has 0 saturated carbocycles. The standard InChI is InChI=1S/C18H16/c1-2-7-13-8-6-12-17-15-10-5-4-9-14(15)16(11-3-1)18(13)17/h1-5,7,11-12H,6,8-10H2/b2-1-,3-1?,7-2?,11-3-,13-7-,16-11?. The molecule has 0 amide bonds. The topological polar surface area (TPSA) is 0 Å². The third-order valence-corrected chi connectivity index (χ3v) is 4.23. The second kappa shape index (κ2) is 3.84. The lowest BCUT2D eigenvalue weighted by molar-refractivity contribution is 0.945. The zero-order chi connectivity index (χ0) is 11.9. The van der Waals surface area contributed by atoms with Gasteiger partial charge in [-0.05, 0) is 59.1 Å². The van der Waals surface area contributed by atoms with E-state index in [9.17, 15) is 0 Å². The molecule has 88 valence electrons. The second-order valence-corrected chi connectivity index (χ2v) is 5.22. The van der Waals surface area contributed by atoms with Crippen LogP contribution in [0.3, 0.4) is 0 Å². The zero-order valence-corrected chi connectivity index (χ0v) is 10.4. The van der Waals surface area contributed by atoms with E-state index in [1.165, 1.54) is 35.1 Å². The van der Waals surface area contributed by atoms with Crippen LogP contribution in [0, 0.1) is 0 Å². The van der Waals surface area contributed by atoms with Gasteiger partial charge < -0.3 is 0 Å². The van der Waals surface area contributed by atoms with Gasteiger partial charge in [0.1, 0.15) is 0 Å². The number of rotatable bonds is 0. The van der Waals surface area contributed by atoms with Gasteiger partial charge in [0.25, 0.3) is 0 Å². The van der Waals surface area contributed by atoms with Crippen molar-refractivity contribution in [3.63, 3.8) is 0 Å². The first-order valence-corrected chi connectivity index (χ1v) is 6.82. The fourth-order valence-electron chi connectivity index (χ4n) is 3.45. The SMILES string of the molecule is C1=CCC2=C(C1)C1=CCC/C3=C/C=C\C=C/C2=C13. The smallest absolute Gasteiger partial charge is 0.00764 e. The van der Waals surface area contributed by atoms with Crippen LogP contribution in [0.25, 0.3) is 0 Å². The molecule has 0 nitrogen and oxygen atoms in total. The average Bonchev–Trinajstić information content (AvgIpc) is 2.70. The Labute approximate surface area is 108 Å². The van der Waals surface area contributed by atoms with Crippen LogP contribution in [0.1, 0.15) is 25.7 Å². The summed E-state index contributed by atoms with van der Waals surface area (Å²) in [5.41, 5.74) is 9.21. The number of fused-ring (bicyclic) bond motifs is 2. The average molecular weight is 232 g/mol. The van der Waals surface area contributed by atoms with Crippen molar-refractivity contribution in [1.29, 1.82) is 0 Å². The molecule has 0 saturated heterocycles. The van der Waals surface area contributed by atoms with Gasteiger partial charge in [0.15, 0.2) is 0 Å². The highest BCUT2D eigenvalue weighted by atomic mass is 14.3. The lowest BCUT2D eigenvalue weighted by atomic mass is 9.85. The maximum atomic E-state index is 2.45. The predicted octanol–water partition coefficient (Wildman–Crippen LogP) is 4.72. The van der Waals surface area contributed by atoms with Gasteiger partial charge in [-0.3, -0.25) is 0 Å². The normalized spacial score (nSPS) is 30.9. The van der Waals surface area contributed by atoms with Crippen LogP contribution in [0.2, 0.25) is 0 Å². The Kier molecular flexibility index (Phi) is 2.16. The molecule has 0 aliphatic heterocycles. The number of hydrogen-bond donors (Lipinski definition) is 0. The molecule has 0 radical (unpaired) electrons. The van der Waals surface area contributed by atoms with Crippen molar-refractivity contribution in [3.05, 3.63) is 82.0 Å². The fraction of sp³-hybridized carbons (Fsp3) is 0.222. The van der Waals surface area contributed by atoms with E-state index in [4.69, 9.17) is 0 Å². The molecular formula is C18H16. The van der Waals surface area contributed by atoms with Gasteiger partial charge in [0, 0.05) is 0 Å². The van der Waals surface area contributed by atoms with Gasteiger partial charge in [0.05, 0.1) is 0 Å². The molecule has 4 rings (SSSR count). The summed E-state index contributed by atoms with van der Waals surface area (Å²) in [5, 5.41) is 0. The maximum absolute atomic E-state index is 2.45. The molecule has 0 heterocycles. The highest BCUT2D eigenvalue weighted by Gasteiger charge is 2.30. The van der Waals surface area contributed by atoms with E-state index in [0.29, 0.717) is 0 Å². The van der Waals surface area contributed by atoms with Gasteiger partial charge in [-0.2, -0.15) is 0 Å². The Balaban J connectivity index is 1.97. The van der Waals surface area contributed by atoms with E-state index in [2.05, 4.69) is 48.6 Å². The molecule has 0 aromatic heterocycles. The van der Waals surface area contributed by atoms with Crippen LogP contribution in [0.15, 0.2) is 82.0 Å². The van der Waals surface area contributed by atoms with Gasteiger partial charge in [-0.15, -0.1) is 0 Å². The predicted molar refractivity (Wildman–Crippen MR) is 76.1 cm³/mol. The lowest BCUT2D eigenvalue weighted by Crippen LogP contribution is -2.01. The first kappa shape index (κ1) is 10.1. The first-order valence-electron chi connectivity index (χ1n) is 6.82. The van der Waals surface area contributed by atoms with Gasteiger partial charge in [-0.1, -0.05) is 48.6 Å². The summed E-state index contributed by atoms with van der Waals surface area (Å²) >= 11 is 0. The van der Waals surface area contributed by atoms with E-state index in [1.54, 1.807) is 11.1 Å². The van der Waals surface area contributed by atoms with Crippen molar-refractivity contribution in [2.75, 3.05) is 0 Å². The van der Waals surface area contributed by atoms with Crippen molar-refractivity contribution >= 4 is 0 Å². The minimum atomic E-state index is 1.10. The van der Waals surface area contributed by atoms with Crippen LogP contribution >= 0.6 is 0 Å². The lowest BCUT2D eigenvalue weighted by Gasteiger charge is -2.19. The molecule has 0 heteroatoms. The molecule has 0 aromatic rings. The number of hydrogen-bond acceptors (Lipinski definition) is 0. The third kappa shape index (κ3) is 1.32. The Morgan fingerprint density at radius 2 is 1.78 bits per heavy atom. The molecule has 0 aromatic carbocycles. The Hall–Kier alpha value is -1.82. The molecule has 4 aliphatic rings. The minimum absolute atomic E-state index is 1.10. The van der Waals surface area contributed by atoms with E-state index in [0.717, 1.165) is 12.8 Å². The van der Waals surface area contributed by atoms with Gasteiger partial charge >= 0.3 is 0 Å². The second-order valence-electron chi connectivity index (χ2n) is 5.22. The molecule has 0 atom stereocenters. The van der Waals surface area contributed by atoms with Crippen molar-refractivity contribution < 1.29 is 0 Å². The fourth-order valence-corrected chi connectivity index (χ4v) is 3.45. The van der Waals surface area contributed by atoms with Gasteiger partial charge in [0.2, 0.25) is 0 Å². The van der Waals surface area contributed by atoms with Crippen molar-refractivity contribution in [2.24, 2.45) is 0 Å². The summed E-state index contributed by atoms with van der Waals surface area (Å²) in [6.45, 7) is 0. The Morgan fingerprint density at radius 1 is 0.889 bits per heavy atom. The molecule has 4 aliphatic carbocycles. The largest absolute Gasteiger partial charge is 0.0838 e. The summed E-state index contributed by atoms with van der Waals surface area (Å²) < 4.78 is 0. The highest BCUT2D eigenvalue weighted by Crippen LogP contribution is 2.48. The summed E-state index contributed by atoms with van der Waals surface area (Å²) in [6.07, 6.45) is 22.8. The summed E-state index contributed by atoms with van der Waals surface area (Å²) in [7, 11) is 0.